The van der Waals surface area contributed by atoms with Crippen molar-refractivity contribution in [3.05, 3.63) is 65.5 Å². The highest BCUT2D eigenvalue weighted by Crippen LogP contribution is 2.35. The highest BCUT2D eigenvalue weighted by molar-refractivity contribution is 5.24. The van der Waals surface area contributed by atoms with Gasteiger partial charge in [-0.15, -0.1) is 0 Å². The smallest absolute Gasteiger partial charge is 0.0965 e. The molecule has 4 rings (SSSR count). The molecule has 4 atom stereocenters. The lowest BCUT2D eigenvalue weighted by Crippen LogP contribution is -2.43. The van der Waals surface area contributed by atoms with Crippen molar-refractivity contribution >= 4 is 0 Å². The molecule has 0 spiro atoms. The SMILES string of the molecule is OC[C@@H]1CN(C[C@@H]2CCc3cccnc3[C@@H](O)C2)CC[C@@H]1c1ccccc1. The second-order valence-corrected chi connectivity index (χ2v) is 8.21. The van der Waals surface area contributed by atoms with Gasteiger partial charge in [-0.3, -0.25) is 4.98 Å². The molecule has 1 aromatic carbocycles. The lowest BCUT2D eigenvalue weighted by Gasteiger charge is -2.39. The monoisotopic (exact) mass is 366 g/mol. The average Bonchev–Trinajstić information content (AvgIpc) is 2.87. The summed E-state index contributed by atoms with van der Waals surface area (Å²) in [6.07, 6.45) is 5.29. The fourth-order valence-corrected chi connectivity index (χ4v) is 5.00. The molecule has 27 heavy (non-hydrogen) atoms. The fourth-order valence-electron chi connectivity index (χ4n) is 5.00. The number of hydrogen-bond donors (Lipinski definition) is 2. The topological polar surface area (TPSA) is 56.6 Å². The number of pyridine rings is 1. The van der Waals surface area contributed by atoms with E-state index in [1.807, 2.05) is 6.07 Å². The van der Waals surface area contributed by atoms with Crippen molar-refractivity contribution in [3.63, 3.8) is 0 Å². The zero-order chi connectivity index (χ0) is 18.6. The van der Waals surface area contributed by atoms with Crippen LogP contribution in [0.1, 0.15) is 48.1 Å². The number of aliphatic hydroxyl groups excluding tert-OH is 2. The van der Waals surface area contributed by atoms with Gasteiger partial charge in [0.25, 0.3) is 0 Å². The van der Waals surface area contributed by atoms with Crippen LogP contribution in [0.4, 0.5) is 0 Å². The van der Waals surface area contributed by atoms with Crippen LogP contribution in [0.3, 0.4) is 0 Å². The summed E-state index contributed by atoms with van der Waals surface area (Å²) in [5.41, 5.74) is 3.42. The van der Waals surface area contributed by atoms with Gasteiger partial charge in [0.05, 0.1) is 11.8 Å². The summed E-state index contributed by atoms with van der Waals surface area (Å²) in [5.74, 6) is 1.21. The number of rotatable bonds is 4. The number of piperidine rings is 1. The third-order valence-electron chi connectivity index (χ3n) is 6.42. The molecular weight excluding hydrogens is 336 g/mol. The van der Waals surface area contributed by atoms with Crippen LogP contribution in [-0.2, 0) is 6.42 Å². The first-order valence-electron chi connectivity index (χ1n) is 10.2. The Kier molecular flexibility index (Phi) is 5.86. The van der Waals surface area contributed by atoms with Gasteiger partial charge in [-0.1, -0.05) is 36.4 Å². The number of fused-ring (bicyclic) bond motifs is 1. The zero-order valence-corrected chi connectivity index (χ0v) is 15.9. The number of likely N-dealkylation sites (tertiary alicyclic amines) is 1. The maximum Gasteiger partial charge on any atom is 0.0965 e. The number of nitrogens with zero attached hydrogens (tertiary/aromatic N) is 2. The van der Waals surface area contributed by atoms with Crippen LogP contribution in [0.2, 0.25) is 0 Å². The van der Waals surface area contributed by atoms with Gasteiger partial charge in [0.1, 0.15) is 0 Å². The number of aliphatic hydroxyl groups is 2. The third kappa shape index (κ3) is 4.23. The van der Waals surface area contributed by atoms with Crippen LogP contribution >= 0.6 is 0 Å². The maximum atomic E-state index is 10.6. The lowest BCUT2D eigenvalue weighted by atomic mass is 9.80. The molecule has 2 aliphatic rings. The summed E-state index contributed by atoms with van der Waals surface area (Å²) >= 11 is 0. The number of aromatic nitrogens is 1. The Labute approximate surface area is 161 Å². The molecule has 0 saturated carbocycles. The average molecular weight is 367 g/mol. The fraction of sp³-hybridized carbons (Fsp3) is 0.522. The minimum Gasteiger partial charge on any atom is -0.396 e. The highest BCUT2D eigenvalue weighted by Gasteiger charge is 2.32. The molecule has 0 amide bonds. The summed E-state index contributed by atoms with van der Waals surface area (Å²) in [6.45, 7) is 3.24. The van der Waals surface area contributed by atoms with Gasteiger partial charge in [0, 0.05) is 31.8 Å². The number of benzene rings is 1. The van der Waals surface area contributed by atoms with Crippen molar-refractivity contribution in [1.82, 2.24) is 9.88 Å². The first-order valence-corrected chi connectivity index (χ1v) is 10.2. The standard InChI is InChI=1S/C23H30N2O2/c26-16-20-15-25(12-10-21(20)18-5-2-1-3-6-18)14-17-8-9-19-7-4-11-24-23(19)22(27)13-17/h1-7,11,17,20-22,26-27H,8-10,12-16H2/t17-,20+,21-,22+/m1/s1. The molecule has 1 aliphatic carbocycles. The molecule has 2 aromatic rings. The summed E-state index contributed by atoms with van der Waals surface area (Å²) in [7, 11) is 0. The maximum absolute atomic E-state index is 10.6. The van der Waals surface area contributed by atoms with E-state index in [0.717, 1.165) is 51.0 Å². The Morgan fingerprint density at radius 3 is 2.74 bits per heavy atom. The molecule has 4 heteroatoms. The Morgan fingerprint density at radius 2 is 1.93 bits per heavy atom. The predicted octanol–water partition coefficient (Wildman–Crippen LogP) is 3.17. The molecule has 1 saturated heterocycles. The van der Waals surface area contributed by atoms with Crippen LogP contribution in [-0.4, -0.2) is 46.3 Å². The van der Waals surface area contributed by atoms with Gasteiger partial charge in [-0.2, -0.15) is 0 Å². The summed E-state index contributed by atoms with van der Waals surface area (Å²) in [4.78, 5) is 6.91. The molecule has 2 N–H and O–H groups in total. The quantitative estimate of drug-likeness (QED) is 0.816. The number of hydrogen-bond acceptors (Lipinski definition) is 4. The second kappa shape index (κ2) is 8.51. The first kappa shape index (κ1) is 18.6. The minimum absolute atomic E-state index is 0.235. The normalized spacial score (nSPS) is 29.1. The first-order chi connectivity index (χ1) is 13.2. The van der Waals surface area contributed by atoms with E-state index in [0.29, 0.717) is 11.8 Å². The van der Waals surface area contributed by atoms with E-state index in [4.69, 9.17) is 0 Å². The van der Waals surface area contributed by atoms with E-state index < -0.39 is 6.10 Å². The third-order valence-corrected chi connectivity index (χ3v) is 6.42. The van der Waals surface area contributed by atoms with Gasteiger partial charge in [-0.05, 0) is 61.3 Å². The Bertz CT molecular complexity index is 736. The van der Waals surface area contributed by atoms with Crippen LogP contribution < -0.4 is 0 Å². The van der Waals surface area contributed by atoms with E-state index in [9.17, 15) is 10.2 Å². The van der Waals surface area contributed by atoms with Gasteiger partial charge in [0.15, 0.2) is 0 Å². The molecule has 144 valence electrons. The molecule has 1 fully saturated rings. The Hall–Kier alpha value is -1.75. The van der Waals surface area contributed by atoms with Crippen molar-refractivity contribution < 1.29 is 10.2 Å². The lowest BCUT2D eigenvalue weighted by molar-refractivity contribution is 0.0751. The molecule has 1 aliphatic heterocycles. The molecule has 0 radical (unpaired) electrons. The number of aryl methyl sites for hydroxylation is 1. The summed E-state index contributed by atoms with van der Waals surface area (Å²) in [6, 6.07) is 14.7. The predicted molar refractivity (Wildman–Crippen MR) is 106 cm³/mol. The van der Waals surface area contributed by atoms with Crippen LogP contribution in [0.25, 0.3) is 0 Å². The molecular formula is C23H30N2O2. The van der Waals surface area contributed by atoms with Gasteiger partial charge >= 0.3 is 0 Å². The second-order valence-electron chi connectivity index (χ2n) is 8.21. The molecule has 0 unspecified atom stereocenters. The van der Waals surface area contributed by atoms with Crippen LogP contribution in [0, 0.1) is 11.8 Å². The Balaban J connectivity index is 1.38. The largest absolute Gasteiger partial charge is 0.396 e. The van der Waals surface area contributed by atoms with E-state index in [1.54, 1.807) is 6.20 Å². The van der Waals surface area contributed by atoms with Crippen LogP contribution in [0.5, 0.6) is 0 Å². The van der Waals surface area contributed by atoms with Crippen molar-refractivity contribution in [2.24, 2.45) is 11.8 Å². The molecule has 1 aromatic heterocycles. The van der Waals surface area contributed by atoms with Crippen molar-refractivity contribution in [2.75, 3.05) is 26.2 Å². The molecule has 0 bridgehead atoms. The van der Waals surface area contributed by atoms with Gasteiger partial charge in [-0.25, -0.2) is 0 Å². The highest BCUT2D eigenvalue weighted by atomic mass is 16.3. The van der Waals surface area contributed by atoms with E-state index in [1.165, 1.54) is 11.1 Å². The molecule has 2 heterocycles. The Morgan fingerprint density at radius 1 is 1.07 bits per heavy atom. The van der Waals surface area contributed by atoms with Crippen LogP contribution in [0.15, 0.2) is 48.7 Å². The van der Waals surface area contributed by atoms with Crippen molar-refractivity contribution in [2.45, 2.75) is 37.7 Å². The van der Waals surface area contributed by atoms with Gasteiger partial charge < -0.3 is 15.1 Å². The van der Waals surface area contributed by atoms with Gasteiger partial charge in [0.2, 0.25) is 0 Å². The molecule has 4 nitrogen and oxygen atoms in total. The van der Waals surface area contributed by atoms with E-state index in [2.05, 4.69) is 46.3 Å². The van der Waals surface area contributed by atoms with E-state index in [-0.39, 0.29) is 12.5 Å². The summed E-state index contributed by atoms with van der Waals surface area (Å²) in [5, 5.41) is 20.6. The minimum atomic E-state index is -0.454. The van der Waals surface area contributed by atoms with E-state index >= 15 is 0 Å². The van der Waals surface area contributed by atoms with Crippen molar-refractivity contribution in [1.29, 1.82) is 0 Å². The zero-order valence-electron chi connectivity index (χ0n) is 15.9. The summed E-state index contributed by atoms with van der Waals surface area (Å²) < 4.78 is 0. The van der Waals surface area contributed by atoms with Crippen molar-refractivity contribution in [3.8, 4) is 0 Å².